The summed E-state index contributed by atoms with van der Waals surface area (Å²) in [6.07, 6.45) is 0.511. The summed E-state index contributed by atoms with van der Waals surface area (Å²) < 4.78 is 33.4. The highest BCUT2D eigenvalue weighted by Gasteiger charge is 2.31. The summed E-state index contributed by atoms with van der Waals surface area (Å²) >= 11 is -1.67. The highest BCUT2D eigenvalue weighted by molar-refractivity contribution is 7.78. The molecule has 1 aliphatic heterocycles. The fourth-order valence-electron chi connectivity index (χ4n) is 1.48. The van der Waals surface area contributed by atoms with E-state index in [1.165, 1.54) is 0 Å². The Kier molecular flexibility index (Phi) is 7.60. The summed E-state index contributed by atoms with van der Waals surface area (Å²) in [5.74, 6) is 0. The molecule has 0 aromatic heterocycles. The number of ether oxygens (including phenoxy) is 3. The lowest BCUT2D eigenvalue weighted by molar-refractivity contribution is -0.115. The first-order valence-corrected chi connectivity index (χ1v) is 7.55. The molecule has 8 heteroatoms. The van der Waals surface area contributed by atoms with Crippen LogP contribution in [0.25, 0.3) is 0 Å². The lowest BCUT2D eigenvalue weighted by atomic mass is 10.2. The second-order valence-electron chi connectivity index (χ2n) is 5.27. The molecule has 2 unspecified atom stereocenters. The third-order valence-corrected chi connectivity index (χ3v) is 3.51. The molecule has 7 nitrogen and oxygen atoms in total. The van der Waals surface area contributed by atoms with Gasteiger partial charge >= 0.3 is 0 Å². The maximum Gasteiger partial charge on any atom is 0.267 e. The summed E-state index contributed by atoms with van der Waals surface area (Å²) in [6.45, 7) is 8.39. The Morgan fingerprint density at radius 1 is 1.25 bits per heavy atom. The fraction of sp³-hybridized carbons (Fsp3) is 0.917. The summed E-state index contributed by atoms with van der Waals surface area (Å²) in [5.41, 5.74) is -0.156. The predicted octanol–water partition coefficient (Wildman–Crippen LogP) is 0.271. The van der Waals surface area contributed by atoms with Gasteiger partial charge in [-0.3, -0.25) is 8.98 Å². The zero-order chi connectivity index (χ0) is 15.0. The molecule has 1 amide bonds. The minimum Gasteiger partial charge on any atom is -0.377 e. The second-order valence-corrected chi connectivity index (χ2v) is 6.36. The van der Waals surface area contributed by atoms with Gasteiger partial charge in [0.05, 0.1) is 51.3 Å². The molecule has 1 heterocycles. The molecule has 1 fully saturated rings. The molecule has 1 rings (SSSR count). The molecule has 20 heavy (non-hydrogen) atoms. The molecular formula is C12H23NO6S. The maximum atomic E-state index is 11.2. The van der Waals surface area contributed by atoms with Crippen molar-refractivity contribution in [3.05, 3.63) is 0 Å². The van der Waals surface area contributed by atoms with Gasteiger partial charge in [0, 0.05) is 0 Å². The number of hydrogen-bond donors (Lipinski definition) is 0. The standard InChI is InChI=1S/C12H23NO6S/c1-12(2,3)18-7-6-16-4-5-17-8-11-9-19-20(15)13(11)10-14/h10-11H,4-9H2,1-3H3. The zero-order valence-corrected chi connectivity index (χ0v) is 13.0. The third-order valence-electron chi connectivity index (χ3n) is 2.44. The number of carbonyl (C=O) groups excluding carboxylic acids is 1. The van der Waals surface area contributed by atoms with Crippen LogP contribution in [0.5, 0.6) is 0 Å². The average molecular weight is 309 g/mol. The van der Waals surface area contributed by atoms with E-state index in [0.29, 0.717) is 32.8 Å². The second kappa shape index (κ2) is 8.68. The molecule has 0 bridgehead atoms. The molecule has 0 radical (unpaired) electrons. The normalized spacial score (nSPS) is 23.2. The van der Waals surface area contributed by atoms with Crippen molar-refractivity contribution in [2.24, 2.45) is 0 Å². The number of rotatable bonds is 9. The quantitative estimate of drug-likeness (QED) is 0.450. The van der Waals surface area contributed by atoms with Crippen molar-refractivity contribution < 1.29 is 27.4 Å². The van der Waals surface area contributed by atoms with Gasteiger partial charge < -0.3 is 14.2 Å². The van der Waals surface area contributed by atoms with E-state index in [-0.39, 0.29) is 24.9 Å². The van der Waals surface area contributed by atoms with Crippen LogP contribution >= 0.6 is 0 Å². The van der Waals surface area contributed by atoms with Crippen LogP contribution in [0.4, 0.5) is 0 Å². The highest BCUT2D eigenvalue weighted by atomic mass is 32.2. The van der Waals surface area contributed by atoms with Gasteiger partial charge in [-0.2, -0.15) is 0 Å². The number of carbonyl (C=O) groups is 1. The molecule has 0 aromatic rings. The van der Waals surface area contributed by atoms with E-state index >= 15 is 0 Å². The van der Waals surface area contributed by atoms with Gasteiger partial charge in [-0.25, -0.2) is 8.51 Å². The van der Waals surface area contributed by atoms with Gasteiger partial charge in [0.1, 0.15) is 0 Å². The van der Waals surface area contributed by atoms with Gasteiger partial charge in [-0.05, 0) is 20.8 Å². The summed E-state index contributed by atoms with van der Waals surface area (Å²) in [4.78, 5) is 10.7. The van der Waals surface area contributed by atoms with Gasteiger partial charge in [0.25, 0.3) is 11.3 Å². The Labute approximate surface area is 122 Å². The Morgan fingerprint density at radius 2 is 1.90 bits per heavy atom. The Balaban J connectivity index is 1.97. The van der Waals surface area contributed by atoms with Crippen molar-refractivity contribution in [2.75, 3.05) is 39.6 Å². The Bertz CT molecular complexity index is 320. The van der Waals surface area contributed by atoms with Crippen LogP contribution in [0.15, 0.2) is 0 Å². The highest BCUT2D eigenvalue weighted by Crippen LogP contribution is 2.12. The molecule has 1 saturated heterocycles. The van der Waals surface area contributed by atoms with Crippen molar-refractivity contribution in [2.45, 2.75) is 32.4 Å². The zero-order valence-electron chi connectivity index (χ0n) is 12.2. The maximum absolute atomic E-state index is 11.2. The number of amides is 1. The third kappa shape index (κ3) is 6.76. The van der Waals surface area contributed by atoms with E-state index in [0.717, 1.165) is 4.31 Å². The van der Waals surface area contributed by atoms with Crippen molar-refractivity contribution >= 4 is 17.7 Å². The summed E-state index contributed by atoms with van der Waals surface area (Å²) in [6, 6.07) is -0.294. The van der Waals surface area contributed by atoms with Crippen molar-refractivity contribution in [1.29, 1.82) is 0 Å². The first-order chi connectivity index (χ1) is 9.44. The van der Waals surface area contributed by atoms with E-state index in [1.807, 2.05) is 20.8 Å². The van der Waals surface area contributed by atoms with Gasteiger partial charge in [0.15, 0.2) is 0 Å². The minimum absolute atomic E-state index is 0.156. The molecule has 0 spiro atoms. The van der Waals surface area contributed by atoms with Gasteiger partial charge in [0.2, 0.25) is 6.41 Å². The molecule has 2 atom stereocenters. The van der Waals surface area contributed by atoms with Crippen LogP contribution in [0.3, 0.4) is 0 Å². The van der Waals surface area contributed by atoms with E-state index in [1.54, 1.807) is 0 Å². The van der Waals surface area contributed by atoms with Gasteiger partial charge in [-0.15, -0.1) is 0 Å². The smallest absolute Gasteiger partial charge is 0.267 e. The van der Waals surface area contributed by atoms with Crippen LogP contribution in [-0.4, -0.2) is 66.2 Å². The number of nitrogens with zero attached hydrogens (tertiary/aromatic N) is 1. The lowest BCUT2D eigenvalue weighted by Gasteiger charge is -2.19. The van der Waals surface area contributed by atoms with E-state index < -0.39 is 11.3 Å². The van der Waals surface area contributed by atoms with Gasteiger partial charge in [-0.1, -0.05) is 0 Å². The molecule has 1 aliphatic rings. The van der Waals surface area contributed by atoms with Crippen LogP contribution in [-0.2, 0) is 34.5 Å². The summed E-state index contributed by atoms with van der Waals surface area (Å²) in [5, 5.41) is 0. The number of hydrogen-bond acceptors (Lipinski definition) is 6. The Morgan fingerprint density at radius 3 is 2.55 bits per heavy atom. The monoisotopic (exact) mass is 309 g/mol. The Hall–Kier alpha value is -0.540. The lowest BCUT2D eigenvalue weighted by Crippen LogP contribution is -2.34. The molecule has 0 aliphatic carbocycles. The average Bonchev–Trinajstić information content (AvgIpc) is 2.72. The van der Waals surface area contributed by atoms with Crippen molar-refractivity contribution in [1.82, 2.24) is 4.31 Å². The first kappa shape index (κ1) is 17.5. The van der Waals surface area contributed by atoms with Crippen LogP contribution < -0.4 is 0 Å². The largest absolute Gasteiger partial charge is 0.377 e. The van der Waals surface area contributed by atoms with Crippen LogP contribution in [0.2, 0.25) is 0 Å². The van der Waals surface area contributed by atoms with E-state index in [9.17, 15) is 9.00 Å². The van der Waals surface area contributed by atoms with Crippen LogP contribution in [0.1, 0.15) is 20.8 Å². The molecule has 0 saturated carbocycles. The molecular weight excluding hydrogens is 286 g/mol. The van der Waals surface area contributed by atoms with E-state index in [2.05, 4.69) is 0 Å². The molecule has 118 valence electrons. The topological polar surface area (TPSA) is 74.3 Å². The van der Waals surface area contributed by atoms with Crippen molar-refractivity contribution in [3.63, 3.8) is 0 Å². The first-order valence-electron chi connectivity index (χ1n) is 6.52. The van der Waals surface area contributed by atoms with E-state index in [4.69, 9.17) is 18.4 Å². The minimum atomic E-state index is -1.67. The summed E-state index contributed by atoms with van der Waals surface area (Å²) in [7, 11) is 0. The van der Waals surface area contributed by atoms with Crippen molar-refractivity contribution in [3.8, 4) is 0 Å². The SMILES string of the molecule is CC(C)(C)OCCOCCOCC1COS(=O)N1C=O. The molecule has 0 aromatic carbocycles. The van der Waals surface area contributed by atoms with Crippen LogP contribution in [0, 0.1) is 0 Å². The molecule has 0 N–H and O–H groups in total. The predicted molar refractivity (Wildman–Crippen MR) is 73.1 cm³/mol. The fourth-order valence-corrected chi connectivity index (χ4v) is 2.31.